The number of aryl methyl sites for hydroxylation is 1. The molecule has 3 nitrogen and oxygen atoms in total. The molecule has 0 unspecified atom stereocenters. The van der Waals surface area contributed by atoms with Crippen molar-refractivity contribution >= 4 is 29.0 Å². The van der Waals surface area contributed by atoms with Crippen LogP contribution in [-0.2, 0) is 4.79 Å². The molecule has 0 radical (unpaired) electrons. The molecular weight excluding hydrogens is 268 g/mol. The Bertz CT molecular complexity index is 656. The van der Waals surface area contributed by atoms with Gasteiger partial charge >= 0.3 is 0 Å². The maximum Gasteiger partial charge on any atom is 0.238 e. The van der Waals surface area contributed by atoms with Crippen molar-refractivity contribution in [2.24, 2.45) is 0 Å². The number of carbonyl (C=O) groups is 1. The van der Waals surface area contributed by atoms with Gasteiger partial charge in [0.1, 0.15) is 5.37 Å². The number of thioether (sulfide) groups is 1. The molecule has 4 heteroatoms. The molecule has 0 saturated carbocycles. The number of carbonyl (C=O) groups excluding carboxylic acids is 1. The van der Waals surface area contributed by atoms with Gasteiger partial charge in [0.15, 0.2) is 0 Å². The van der Waals surface area contributed by atoms with Crippen LogP contribution in [0.5, 0.6) is 0 Å². The Labute approximate surface area is 122 Å². The lowest BCUT2D eigenvalue weighted by atomic mass is 10.1. The van der Waals surface area contributed by atoms with Gasteiger partial charge in [0, 0.05) is 11.4 Å². The van der Waals surface area contributed by atoms with Gasteiger partial charge in [-0.3, -0.25) is 9.69 Å². The fourth-order valence-electron chi connectivity index (χ4n) is 2.48. The maximum absolute atomic E-state index is 12.3. The van der Waals surface area contributed by atoms with Gasteiger partial charge in [-0.2, -0.15) is 0 Å². The van der Waals surface area contributed by atoms with Gasteiger partial charge in [-0.15, -0.1) is 11.8 Å². The molecule has 102 valence electrons. The van der Waals surface area contributed by atoms with Crippen molar-refractivity contribution in [3.05, 3.63) is 59.7 Å². The molecule has 1 aliphatic rings. The first-order valence-corrected chi connectivity index (χ1v) is 7.56. The zero-order valence-electron chi connectivity index (χ0n) is 11.2. The molecule has 1 saturated heterocycles. The lowest BCUT2D eigenvalue weighted by Gasteiger charge is -2.26. The van der Waals surface area contributed by atoms with Crippen LogP contribution in [0, 0.1) is 6.92 Å². The average Bonchev–Trinajstić information content (AvgIpc) is 2.81. The summed E-state index contributed by atoms with van der Waals surface area (Å²) in [5, 5.41) is 0.00657. The summed E-state index contributed by atoms with van der Waals surface area (Å²) in [7, 11) is 0. The summed E-state index contributed by atoms with van der Waals surface area (Å²) in [6.07, 6.45) is 0. The second-order valence-electron chi connectivity index (χ2n) is 4.88. The molecule has 1 fully saturated rings. The summed E-state index contributed by atoms with van der Waals surface area (Å²) in [5.74, 6) is 0.657. The summed E-state index contributed by atoms with van der Waals surface area (Å²) in [4.78, 5) is 14.2. The van der Waals surface area contributed by atoms with E-state index >= 15 is 0 Å². The SMILES string of the molecule is Cc1ccccc1N1C(=O)CS[C@@H]1c1cccc(N)c1. The highest BCUT2D eigenvalue weighted by molar-refractivity contribution is 8.00. The number of nitrogens with two attached hydrogens (primary N) is 1. The van der Waals surface area contributed by atoms with Crippen LogP contribution in [0.15, 0.2) is 48.5 Å². The zero-order chi connectivity index (χ0) is 14.1. The monoisotopic (exact) mass is 284 g/mol. The van der Waals surface area contributed by atoms with Crippen molar-refractivity contribution in [1.82, 2.24) is 0 Å². The molecule has 3 rings (SSSR count). The normalized spacial score (nSPS) is 18.6. The largest absolute Gasteiger partial charge is 0.399 e. The standard InChI is InChI=1S/C16H16N2OS/c1-11-5-2-3-8-14(11)18-15(19)10-20-16(18)12-6-4-7-13(17)9-12/h2-9,16H,10,17H2,1H3/t16-/m1/s1. The van der Waals surface area contributed by atoms with Crippen molar-refractivity contribution in [2.45, 2.75) is 12.3 Å². The van der Waals surface area contributed by atoms with Crippen LogP contribution in [0.2, 0.25) is 0 Å². The second kappa shape index (κ2) is 5.21. The highest BCUT2D eigenvalue weighted by atomic mass is 32.2. The number of anilines is 2. The van der Waals surface area contributed by atoms with Crippen LogP contribution in [0.1, 0.15) is 16.5 Å². The molecule has 0 aliphatic carbocycles. The molecule has 2 N–H and O–H groups in total. The molecular formula is C16H16N2OS. The number of rotatable bonds is 2. The fourth-order valence-corrected chi connectivity index (χ4v) is 3.64. The minimum absolute atomic E-state index is 0.00657. The van der Waals surface area contributed by atoms with E-state index in [-0.39, 0.29) is 11.3 Å². The van der Waals surface area contributed by atoms with Crippen molar-refractivity contribution < 1.29 is 4.79 Å². The number of hydrogen-bond donors (Lipinski definition) is 1. The number of amides is 1. The van der Waals surface area contributed by atoms with Gasteiger partial charge in [0.05, 0.1) is 5.75 Å². The lowest BCUT2D eigenvalue weighted by molar-refractivity contribution is -0.115. The Morgan fingerprint density at radius 2 is 2.00 bits per heavy atom. The van der Waals surface area contributed by atoms with Crippen LogP contribution in [-0.4, -0.2) is 11.7 Å². The number of nitrogen functional groups attached to an aromatic ring is 1. The summed E-state index contributed by atoms with van der Waals surface area (Å²) in [5.41, 5.74) is 9.75. The topological polar surface area (TPSA) is 46.3 Å². The number of nitrogens with zero attached hydrogens (tertiary/aromatic N) is 1. The minimum atomic E-state index is 0.00657. The summed E-state index contributed by atoms with van der Waals surface area (Å²) < 4.78 is 0. The Kier molecular flexibility index (Phi) is 3.40. The van der Waals surface area contributed by atoms with Crippen LogP contribution in [0.25, 0.3) is 0 Å². The Hall–Kier alpha value is -1.94. The van der Waals surface area contributed by atoms with Crippen LogP contribution in [0.4, 0.5) is 11.4 Å². The van der Waals surface area contributed by atoms with Crippen molar-refractivity contribution in [2.75, 3.05) is 16.4 Å². The third-order valence-corrected chi connectivity index (χ3v) is 4.65. The molecule has 1 amide bonds. The van der Waals surface area contributed by atoms with Gasteiger partial charge in [-0.05, 0) is 36.2 Å². The maximum atomic E-state index is 12.3. The Morgan fingerprint density at radius 3 is 2.75 bits per heavy atom. The lowest BCUT2D eigenvalue weighted by Crippen LogP contribution is -2.28. The first kappa shape index (κ1) is 13.1. The molecule has 2 aromatic rings. The molecule has 1 aliphatic heterocycles. The first-order chi connectivity index (χ1) is 9.66. The van der Waals surface area contributed by atoms with Crippen molar-refractivity contribution in [1.29, 1.82) is 0 Å². The van der Waals surface area contributed by atoms with Gasteiger partial charge < -0.3 is 5.73 Å². The average molecular weight is 284 g/mol. The summed E-state index contributed by atoms with van der Waals surface area (Å²) >= 11 is 1.64. The molecule has 0 spiro atoms. The van der Waals surface area contributed by atoms with E-state index in [2.05, 4.69) is 0 Å². The van der Waals surface area contributed by atoms with Gasteiger partial charge in [0.2, 0.25) is 5.91 Å². The summed E-state index contributed by atoms with van der Waals surface area (Å²) in [6, 6.07) is 15.8. The van der Waals surface area contributed by atoms with E-state index in [1.807, 2.05) is 60.4 Å². The van der Waals surface area contributed by atoms with E-state index in [9.17, 15) is 4.79 Å². The van der Waals surface area contributed by atoms with Crippen LogP contribution >= 0.6 is 11.8 Å². The predicted octanol–water partition coefficient (Wildman–Crippen LogP) is 3.36. The Morgan fingerprint density at radius 1 is 1.20 bits per heavy atom. The van der Waals surface area contributed by atoms with Crippen molar-refractivity contribution in [3.8, 4) is 0 Å². The molecule has 0 bridgehead atoms. The minimum Gasteiger partial charge on any atom is -0.399 e. The number of benzene rings is 2. The van der Waals surface area contributed by atoms with Gasteiger partial charge in [-0.1, -0.05) is 30.3 Å². The molecule has 0 aromatic heterocycles. The van der Waals surface area contributed by atoms with Gasteiger partial charge in [0.25, 0.3) is 0 Å². The van der Waals surface area contributed by atoms with E-state index in [4.69, 9.17) is 5.73 Å². The quantitative estimate of drug-likeness (QED) is 0.860. The number of para-hydroxylation sites is 1. The highest BCUT2D eigenvalue weighted by Crippen LogP contribution is 2.42. The predicted molar refractivity (Wildman–Crippen MR) is 84.7 cm³/mol. The zero-order valence-corrected chi connectivity index (χ0v) is 12.1. The third kappa shape index (κ3) is 2.27. The smallest absolute Gasteiger partial charge is 0.238 e. The molecule has 2 aromatic carbocycles. The van der Waals surface area contributed by atoms with E-state index in [0.717, 1.165) is 22.5 Å². The molecule has 1 atom stereocenters. The fraction of sp³-hybridized carbons (Fsp3) is 0.188. The first-order valence-electron chi connectivity index (χ1n) is 6.51. The third-order valence-electron chi connectivity index (χ3n) is 3.44. The second-order valence-corrected chi connectivity index (χ2v) is 5.95. The highest BCUT2D eigenvalue weighted by Gasteiger charge is 2.34. The molecule has 1 heterocycles. The van der Waals surface area contributed by atoms with Crippen LogP contribution < -0.4 is 10.6 Å². The van der Waals surface area contributed by atoms with Crippen molar-refractivity contribution in [3.63, 3.8) is 0 Å². The van der Waals surface area contributed by atoms with E-state index in [1.165, 1.54) is 0 Å². The van der Waals surface area contributed by atoms with E-state index < -0.39 is 0 Å². The van der Waals surface area contributed by atoms with E-state index in [1.54, 1.807) is 11.8 Å². The number of hydrogen-bond acceptors (Lipinski definition) is 3. The Balaban J connectivity index is 2.03. The van der Waals surface area contributed by atoms with Gasteiger partial charge in [-0.25, -0.2) is 0 Å². The summed E-state index contributed by atoms with van der Waals surface area (Å²) in [6.45, 7) is 2.03. The van der Waals surface area contributed by atoms with Crippen LogP contribution in [0.3, 0.4) is 0 Å². The molecule has 20 heavy (non-hydrogen) atoms. The van der Waals surface area contributed by atoms with E-state index in [0.29, 0.717) is 5.75 Å².